The monoisotopic (exact) mass is 291 g/mol. The molecule has 0 spiro atoms. The number of imidazole rings is 1. The third-order valence-electron chi connectivity index (χ3n) is 2.58. The molecule has 1 rings (SSSR count). The van der Waals surface area contributed by atoms with E-state index in [1.54, 1.807) is 0 Å². The summed E-state index contributed by atoms with van der Waals surface area (Å²) >= 11 is 0. The fourth-order valence-electron chi connectivity index (χ4n) is 1.47. The van der Waals surface area contributed by atoms with Crippen molar-refractivity contribution in [3.05, 3.63) is 22.1 Å². The first kappa shape index (κ1) is 17.3. The molecule has 1 aromatic heterocycles. The number of H-pyrrole nitrogens is 1. The van der Waals surface area contributed by atoms with Crippen LogP contribution < -0.4 is 5.32 Å². The number of aromatic nitrogens is 2. The fourth-order valence-corrected chi connectivity index (χ4v) is 1.47. The van der Waals surface area contributed by atoms with Crippen LogP contribution in [0.3, 0.4) is 0 Å². The lowest BCUT2D eigenvalue weighted by Crippen LogP contribution is -2.35. The van der Waals surface area contributed by atoms with Crippen LogP contribution in [0.2, 0.25) is 0 Å². The first-order chi connectivity index (χ1) is 8.58. The van der Waals surface area contributed by atoms with Crippen molar-refractivity contribution >= 4 is 24.1 Å². The molecule has 108 valence electrons. The zero-order valence-corrected chi connectivity index (χ0v) is 11.7. The summed E-state index contributed by atoms with van der Waals surface area (Å²) in [7, 11) is 0. The molecule has 1 amide bonds. The van der Waals surface area contributed by atoms with Crippen molar-refractivity contribution in [2.75, 3.05) is 26.2 Å². The van der Waals surface area contributed by atoms with Crippen LogP contribution in [0.5, 0.6) is 0 Å². The van der Waals surface area contributed by atoms with E-state index in [1.807, 2.05) is 13.8 Å². The van der Waals surface area contributed by atoms with Crippen molar-refractivity contribution in [3.63, 3.8) is 0 Å². The smallest absolute Gasteiger partial charge is 0.341 e. The summed E-state index contributed by atoms with van der Waals surface area (Å²) in [6, 6.07) is 0. The van der Waals surface area contributed by atoms with Crippen molar-refractivity contribution in [3.8, 4) is 0 Å². The van der Waals surface area contributed by atoms with E-state index < -0.39 is 10.8 Å². The molecule has 1 aromatic rings. The topological polar surface area (TPSA) is 104 Å². The lowest BCUT2D eigenvalue weighted by atomic mass is 10.4. The highest BCUT2D eigenvalue weighted by Crippen LogP contribution is 2.05. The van der Waals surface area contributed by atoms with E-state index in [0.29, 0.717) is 6.54 Å². The zero-order chi connectivity index (χ0) is 13.5. The number of halogens is 1. The van der Waals surface area contributed by atoms with Gasteiger partial charge in [-0.3, -0.25) is 4.79 Å². The molecule has 0 atom stereocenters. The Morgan fingerprint density at radius 1 is 1.53 bits per heavy atom. The van der Waals surface area contributed by atoms with Crippen molar-refractivity contribution in [1.29, 1.82) is 0 Å². The minimum Gasteiger partial charge on any atom is -0.358 e. The molecule has 0 unspecified atom stereocenters. The van der Waals surface area contributed by atoms with Crippen LogP contribution in [0.4, 0.5) is 5.82 Å². The molecule has 0 saturated carbocycles. The van der Waals surface area contributed by atoms with Crippen LogP contribution >= 0.6 is 12.4 Å². The maximum Gasteiger partial charge on any atom is 0.341 e. The summed E-state index contributed by atoms with van der Waals surface area (Å²) in [4.78, 5) is 29.5. The first-order valence-corrected chi connectivity index (χ1v) is 5.78. The Kier molecular flexibility index (Phi) is 7.69. The van der Waals surface area contributed by atoms with Gasteiger partial charge in [0.15, 0.2) is 0 Å². The molecule has 19 heavy (non-hydrogen) atoms. The van der Waals surface area contributed by atoms with Crippen LogP contribution in [0, 0.1) is 10.1 Å². The number of carbonyl (C=O) groups is 1. The van der Waals surface area contributed by atoms with E-state index in [4.69, 9.17) is 0 Å². The van der Waals surface area contributed by atoms with E-state index in [-0.39, 0.29) is 24.0 Å². The second kappa shape index (κ2) is 8.44. The minimum atomic E-state index is -0.625. The van der Waals surface area contributed by atoms with Crippen molar-refractivity contribution in [2.45, 2.75) is 13.8 Å². The van der Waals surface area contributed by atoms with Gasteiger partial charge in [0.25, 0.3) is 5.82 Å². The molecule has 1 heterocycles. The molecule has 0 aromatic carbocycles. The highest BCUT2D eigenvalue weighted by atomic mass is 35.5. The number of amides is 1. The van der Waals surface area contributed by atoms with Gasteiger partial charge in [-0.1, -0.05) is 13.8 Å². The van der Waals surface area contributed by atoms with Gasteiger partial charge in [-0.25, -0.2) is 9.97 Å². The molecule has 0 radical (unpaired) electrons. The lowest BCUT2D eigenvalue weighted by molar-refractivity contribution is -0.389. The van der Waals surface area contributed by atoms with Gasteiger partial charge in [-0.15, -0.1) is 12.4 Å². The maximum absolute atomic E-state index is 11.6. The van der Waals surface area contributed by atoms with Crippen LogP contribution in [-0.4, -0.2) is 51.9 Å². The summed E-state index contributed by atoms with van der Waals surface area (Å²) in [5, 5.41) is 13.1. The van der Waals surface area contributed by atoms with Crippen LogP contribution in [0.25, 0.3) is 0 Å². The zero-order valence-electron chi connectivity index (χ0n) is 10.9. The summed E-state index contributed by atoms with van der Waals surface area (Å²) < 4.78 is 0. The van der Waals surface area contributed by atoms with Gasteiger partial charge in [-0.05, 0) is 18.0 Å². The predicted molar refractivity (Wildman–Crippen MR) is 72.6 cm³/mol. The summed E-state index contributed by atoms with van der Waals surface area (Å²) in [6.45, 7) is 7.14. The Balaban J connectivity index is 0.00000324. The number of hydrogen-bond donors (Lipinski definition) is 2. The number of nitrogens with zero attached hydrogens (tertiary/aromatic N) is 3. The van der Waals surface area contributed by atoms with Gasteiger partial charge in [0.1, 0.15) is 6.20 Å². The van der Waals surface area contributed by atoms with E-state index >= 15 is 0 Å². The van der Waals surface area contributed by atoms with Crippen molar-refractivity contribution in [1.82, 2.24) is 20.2 Å². The Morgan fingerprint density at radius 3 is 2.63 bits per heavy atom. The van der Waals surface area contributed by atoms with Gasteiger partial charge >= 0.3 is 11.7 Å². The van der Waals surface area contributed by atoms with Crippen LogP contribution in [-0.2, 0) is 0 Å². The minimum absolute atomic E-state index is 0. The van der Waals surface area contributed by atoms with E-state index in [1.165, 1.54) is 0 Å². The quantitative estimate of drug-likeness (QED) is 0.571. The third kappa shape index (κ3) is 5.23. The maximum atomic E-state index is 11.6. The number of hydrogen-bond acceptors (Lipinski definition) is 5. The number of nitro groups is 1. The van der Waals surface area contributed by atoms with Gasteiger partial charge in [0.2, 0.25) is 0 Å². The Morgan fingerprint density at radius 2 is 2.16 bits per heavy atom. The average Bonchev–Trinajstić information content (AvgIpc) is 2.84. The molecule has 0 aliphatic carbocycles. The molecule has 9 heteroatoms. The SMILES string of the molecule is CCN(CC)CCNC(=O)c1ncc([N+](=O)[O-])[nH]1.Cl. The largest absolute Gasteiger partial charge is 0.358 e. The van der Waals surface area contributed by atoms with Crippen LogP contribution in [0.15, 0.2) is 6.20 Å². The molecule has 0 aliphatic rings. The van der Waals surface area contributed by atoms with E-state index in [0.717, 1.165) is 25.8 Å². The third-order valence-corrected chi connectivity index (χ3v) is 2.58. The van der Waals surface area contributed by atoms with Crippen LogP contribution in [0.1, 0.15) is 24.5 Å². The van der Waals surface area contributed by atoms with E-state index in [9.17, 15) is 14.9 Å². The molecule has 8 nitrogen and oxygen atoms in total. The number of aromatic amines is 1. The average molecular weight is 292 g/mol. The van der Waals surface area contributed by atoms with Gasteiger partial charge in [0.05, 0.1) is 0 Å². The standard InChI is InChI=1S/C10H17N5O3.ClH/c1-3-14(4-2)6-5-11-10(16)9-12-7-8(13-9)15(17)18;/h7H,3-6H2,1-2H3,(H,11,16)(H,12,13);1H. The van der Waals surface area contributed by atoms with Gasteiger partial charge < -0.3 is 20.3 Å². The molecular formula is C10H18ClN5O3. The fraction of sp³-hybridized carbons (Fsp3) is 0.600. The molecule has 0 bridgehead atoms. The summed E-state index contributed by atoms with van der Waals surface area (Å²) in [6.07, 6.45) is 1.03. The number of likely N-dealkylation sites (N-methyl/N-ethyl adjacent to an activating group) is 1. The Labute approximate surface area is 117 Å². The predicted octanol–water partition coefficient (Wildman–Crippen LogP) is 0.811. The van der Waals surface area contributed by atoms with Crippen molar-refractivity contribution in [2.24, 2.45) is 0 Å². The first-order valence-electron chi connectivity index (χ1n) is 5.78. The molecular weight excluding hydrogens is 274 g/mol. The summed E-state index contributed by atoms with van der Waals surface area (Å²) in [5.41, 5.74) is 0. The van der Waals surface area contributed by atoms with Gasteiger partial charge in [-0.2, -0.15) is 0 Å². The number of carbonyl (C=O) groups excluding carboxylic acids is 1. The second-order valence-corrected chi connectivity index (χ2v) is 3.66. The van der Waals surface area contributed by atoms with Gasteiger partial charge in [0, 0.05) is 13.1 Å². The number of nitrogens with one attached hydrogen (secondary N) is 2. The summed E-state index contributed by atoms with van der Waals surface area (Å²) in [5.74, 6) is -0.764. The molecule has 0 aliphatic heterocycles. The normalized spacial score (nSPS) is 10.1. The molecule has 2 N–H and O–H groups in total. The van der Waals surface area contributed by atoms with E-state index in [2.05, 4.69) is 20.2 Å². The second-order valence-electron chi connectivity index (χ2n) is 3.66. The lowest BCUT2D eigenvalue weighted by Gasteiger charge is -2.17. The highest BCUT2D eigenvalue weighted by molar-refractivity contribution is 5.90. The molecule has 0 saturated heterocycles. The Bertz CT molecular complexity index is 419. The Hall–Kier alpha value is -1.67. The number of rotatable bonds is 7. The van der Waals surface area contributed by atoms with Crippen molar-refractivity contribution < 1.29 is 9.72 Å². The highest BCUT2D eigenvalue weighted by Gasteiger charge is 2.16. The molecule has 0 fully saturated rings.